The van der Waals surface area contributed by atoms with E-state index in [1.54, 1.807) is 6.07 Å². The van der Waals surface area contributed by atoms with Crippen LogP contribution in [0, 0.1) is 11.6 Å². The fourth-order valence-electron chi connectivity index (χ4n) is 2.71. The van der Waals surface area contributed by atoms with E-state index < -0.39 is 11.6 Å². The Morgan fingerprint density at radius 1 is 1.36 bits per heavy atom. The molecular formula is C16H23ClF2N2O. The summed E-state index contributed by atoms with van der Waals surface area (Å²) in [6.07, 6.45) is 3.54. The van der Waals surface area contributed by atoms with Gasteiger partial charge in [0.15, 0.2) is 11.6 Å². The van der Waals surface area contributed by atoms with Gasteiger partial charge in [0.05, 0.1) is 0 Å². The average Bonchev–Trinajstić information content (AvgIpc) is 2.43. The molecule has 0 saturated carbocycles. The number of aryl methyl sites for hydroxylation is 1. The van der Waals surface area contributed by atoms with Crippen LogP contribution in [0.1, 0.15) is 38.2 Å². The number of carbonyl (C=O) groups excluding carboxylic acids is 1. The summed E-state index contributed by atoms with van der Waals surface area (Å²) >= 11 is 0. The topological polar surface area (TPSA) is 41.1 Å². The van der Waals surface area contributed by atoms with E-state index in [9.17, 15) is 13.6 Å². The van der Waals surface area contributed by atoms with Crippen molar-refractivity contribution in [2.45, 2.75) is 51.1 Å². The smallest absolute Gasteiger partial charge is 0.220 e. The van der Waals surface area contributed by atoms with Gasteiger partial charge in [-0.3, -0.25) is 4.79 Å². The Bertz CT molecular complexity index is 499. The fraction of sp³-hybridized carbons (Fsp3) is 0.562. The van der Waals surface area contributed by atoms with Crippen molar-refractivity contribution < 1.29 is 13.6 Å². The molecule has 1 aromatic carbocycles. The third-order valence-corrected chi connectivity index (χ3v) is 3.84. The largest absolute Gasteiger partial charge is 0.353 e. The van der Waals surface area contributed by atoms with Crippen molar-refractivity contribution in [3.8, 4) is 0 Å². The maximum absolute atomic E-state index is 13.1. The van der Waals surface area contributed by atoms with Gasteiger partial charge >= 0.3 is 0 Å². The molecule has 1 fully saturated rings. The van der Waals surface area contributed by atoms with Gasteiger partial charge in [0.1, 0.15) is 0 Å². The molecule has 3 nitrogen and oxygen atoms in total. The highest BCUT2D eigenvalue weighted by Crippen LogP contribution is 2.12. The number of halogens is 3. The van der Waals surface area contributed by atoms with Crippen molar-refractivity contribution in [2.75, 3.05) is 6.54 Å². The molecule has 22 heavy (non-hydrogen) atoms. The fourth-order valence-corrected chi connectivity index (χ4v) is 2.71. The van der Waals surface area contributed by atoms with Gasteiger partial charge < -0.3 is 10.6 Å². The number of nitrogens with one attached hydrogen (secondary N) is 2. The minimum atomic E-state index is -0.837. The Kier molecular flexibility index (Phi) is 7.76. The maximum atomic E-state index is 13.1. The second-order valence-corrected chi connectivity index (χ2v) is 5.75. The van der Waals surface area contributed by atoms with Crippen LogP contribution in [0.15, 0.2) is 18.2 Å². The molecule has 2 rings (SSSR count). The Labute approximate surface area is 136 Å². The van der Waals surface area contributed by atoms with Crippen LogP contribution in [-0.4, -0.2) is 24.5 Å². The SMILES string of the molecule is CC1CC(NC(=O)CCCc2ccc(F)c(F)c2)CCN1.Cl. The van der Waals surface area contributed by atoms with E-state index in [1.807, 2.05) is 0 Å². The van der Waals surface area contributed by atoms with Gasteiger partial charge in [-0.25, -0.2) is 8.78 Å². The van der Waals surface area contributed by atoms with Crippen LogP contribution >= 0.6 is 12.4 Å². The Morgan fingerprint density at radius 3 is 2.82 bits per heavy atom. The monoisotopic (exact) mass is 332 g/mol. The van der Waals surface area contributed by atoms with Gasteiger partial charge in [0.2, 0.25) is 5.91 Å². The number of amides is 1. The molecule has 124 valence electrons. The zero-order chi connectivity index (χ0) is 15.2. The molecule has 0 radical (unpaired) electrons. The van der Waals surface area contributed by atoms with Crippen LogP contribution < -0.4 is 10.6 Å². The van der Waals surface area contributed by atoms with Crippen molar-refractivity contribution >= 4 is 18.3 Å². The number of rotatable bonds is 5. The van der Waals surface area contributed by atoms with Gasteiger partial charge in [-0.2, -0.15) is 0 Å². The Morgan fingerprint density at radius 2 is 2.14 bits per heavy atom. The standard InChI is InChI=1S/C16H22F2N2O.ClH/c1-11-9-13(7-8-19-11)20-16(21)4-2-3-12-5-6-14(17)15(18)10-12;/h5-6,10-11,13,19H,2-4,7-9H2,1H3,(H,20,21);1H. The van der Waals surface area contributed by atoms with Gasteiger partial charge in [-0.1, -0.05) is 6.07 Å². The number of hydrogen-bond donors (Lipinski definition) is 2. The maximum Gasteiger partial charge on any atom is 0.220 e. The lowest BCUT2D eigenvalue weighted by Gasteiger charge is -2.28. The lowest BCUT2D eigenvalue weighted by molar-refractivity contribution is -0.122. The van der Waals surface area contributed by atoms with Crippen LogP contribution in [-0.2, 0) is 11.2 Å². The summed E-state index contributed by atoms with van der Waals surface area (Å²) in [7, 11) is 0. The highest BCUT2D eigenvalue weighted by molar-refractivity contribution is 5.85. The van der Waals surface area contributed by atoms with Crippen molar-refractivity contribution in [1.29, 1.82) is 0 Å². The molecule has 6 heteroatoms. The summed E-state index contributed by atoms with van der Waals surface area (Å²) in [5.41, 5.74) is 0.720. The van der Waals surface area contributed by atoms with Crippen LogP contribution in [0.25, 0.3) is 0 Å². The summed E-state index contributed by atoms with van der Waals surface area (Å²) in [5.74, 6) is -1.63. The minimum absolute atomic E-state index is 0. The van der Waals surface area contributed by atoms with Gasteiger partial charge in [-0.05, 0) is 56.8 Å². The van der Waals surface area contributed by atoms with Gasteiger partial charge in [0.25, 0.3) is 0 Å². The van der Waals surface area contributed by atoms with Gasteiger partial charge in [-0.15, -0.1) is 12.4 Å². The molecule has 1 saturated heterocycles. The molecule has 0 bridgehead atoms. The Balaban J connectivity index is 0.00000242. The first kappa shape index (κ1) is 18.8. The predicted molar refractivity (Wildman–Crippen MR) is 85.2 cm³/mol. The molecule has 2 N–H and O–H groups in total. The van der Waals surface area contributed by atoms with Crippen molar-refractivity contribution in [1.82, 2.24) is 10.6 Å². The molecule has 2 atom stereocenters. The lowest BCUT2D eigenvalue weighted by Crippen LogP contribution is -2.46. The number of carbonyl (C=O) groups is 1. The van der Waals surface area contributed by atoms with Crippen LogP contribution in [0.2, 0.25) is 0 Å². The van der Waals surface area contributed by atoms with E-state index in [2.05, 4.69) is 17.6 Å². The summed E-state index contributed by atoms with van der Waals surface area (Å²) < 4.78 is 25.8. The third-order valence-electron chi connectivity index (χ3n) is 3.84. The summed E-state index contributed by atoms with van der Waals surface area (Å²) in [5, 5.41) is 6.39. The summed E-state index contributed by atoms with van der Waals surface area (Å²) in [6.45, 7) is 3.04. The zero-order valence-corrected chi connectivity index (χ0v) is 13.5. The number of piperidine rings is 1. The number of benzene rings is 1. The molecule has 0 spiro atoms. The van der Waals surface area contributed by atoms with Crippen LogP contribution in [0.4, 0.5) is 8.78 Å². The van der Waals surface area contributed by atoms with E-state index in [1.165, 1.54) is 6.07 Å². The molecule has 0 aromatic heterocycles. The molecule has 1 amide bonds. The zero-order valence-electron chi connectivity index (χ0n) is 12.7. The average molecular weight is 333 g/mol. The minimum Gasteiger partial charge on any atom is -0.353 e. The van der Waals surface area contributed by atoms with Crippen molar-refractivity contribution in [3.05, 3.63) is 35.4 Å². The first-order chi connectivity index (χ1) is 10.0. The third kappa shape index (κ3) is 5.89. The normalized spacial score (nSPS) is 21.0. The number of hydrogen-bond acceptors (Lipinski definition) is 2. The summed E-state index contributed by atoms with van der Waals surface area (Å²) in [6, 6.07) is 4.57. The molecule has 1 aliphatic rings. The first-order valence-corrected chi connectivity index (χ1v) is 7.51. The lowest BCUT2D eigenvalue weighted by atomic mass is 10.0. The second kappa shape index (κ2) is 9.06. The highest BCUT2D eigenvalue weighted by Gasteiger charge is 2.19. The van der Waals surface area contributed by atoms with E-state index in [0.29, 0.717) is 25.3 Å². The summed E-state index contributed by atoms with van der Waals surface area (Å²) in [4.78, 5) is 11.9. The van der Waals surface area contributed by atoms with Crippen molar-refractivity contribution in [2.24, 2.45) is 0 Å². The molecule has 1 aliphatic heterocycles. The van der Waals surface area contributed by atoms with E-state index in [0.717, 1.165) is 31.0 Å². The van der Waals surface area contributed by atoms with Crippen LogP contribution in [0.5, 0.6) is 0 Å². The molecule has 1 heterocycles. The van der Waals surface area contributed by atoms with Gasteiger partial charge in [0, 0.05) is 18.5 Å². The van der Waals surface area contributed by atoms with E-state index in [-0.39, 0.29) is 24.4 Å². The first-order valence-electron chi connectivity index (χ1n) is 7.51. The highest BCUT2D eigenvalue weighted by atomic mass is 35.5. The molecule has 2 unspecified atom stereocenters. The van der Waals surface area contributed by atoms with E-state index >= 15 is 0 Å². The molecule has 1 aromatic rings. The van der Waals surface area contributed by atoms with Crippen LogP contribution in [0.3, 0.4) is 0 Å². The Hall–Kier alpha value is -1.20. The van der Waals surface area contributed by atoms with Crippen molar-refractivity contribution in [3.63, 3.8) is 0 Å². The van der Waals surface area contributed by atoms with E-state index in [4.69, 9.17) is 0 Å². The second-order valence-electron chi connectivity index (χ2n) is 5.75. The predicted octanol–water partition coefficient (Wildman–Crippen LogP) is 2.97. The quantitative estimate of drug-likeness (QED) is 0.870. The molecule has 0 aliphatic carbocycles. The molecular weight excluding hydrogens is 310 g/mol.